The van der Waals surface area contributed by atoms with Gasteiger partial charge in [0.25, 0.3) is 0 Å². The van der Waals surface area contributed by atoms with Crippen molar-refractivity contribution in [3.63, 3.8) is 0 Å². The van der Waals surface area contributed by atoms with Gasteiger partial charge in [-0.1, -0.05) is 20.3 Å². The second-order valence-electron chi connectivity index (χ2n) is 7.83. The van der Waals surface area contributed by atoms with Crippen molar-refractivity contribution < 1.29 is 39.3 Å². The molecule has 1 heterocycles. The summed E-state index contributed by atoms with van der Waals surface area (Å²) in [6, 6.07) is -5.13. The number of nitrogens with one attached hydrogen (secondary N) is 4. The van der Waals surface area contributed by atoms with Crippen LogP contribution < -0.4 is 21.7 Å². The molecule has 14 heteroatoms. The Morgan fingerprint density at radius 1 is 1.06 bits per heavy atom. The number of aromatic amines is 1. The third kappa shape index (κ3) is 9.15. The number of nitrogens with zero attached hydrogens (tertiary/aromatic N) is 1. The normalized spacial score (nSPS) is 15.3. The van der Waals surface area contributed by atoms with Crippen molar-refractivity contribution >= 4 is 29.7 Å². The molecule has 0 aliphatic rings. The number of aliphatic hydroxyl groups is 1. The molecule has 0 aliphatic carbocycles. The van der Waals surface area contributed by atoms with E-state index in [9.17, 15) is 34.2 Å². The zero-order chi connectivity index (χ0) is 25.8. The predicted octanol–water partition coefficient (Wildman–Crippen LogP) is -2.28. The Hall–Kier alpha value is -3.52. The van der Waals surface area contributed by atoms with Gasteiger partial charge >= 0.3 is 11.9 Å². The van der Waals surface area contributed by atoms with Crippen LogP contribution in [0.3, 0.4) is 0 Å². The second kappa shape index (κ2) is 13.9. The fourth-order valence-corrected chi connectivity index (χ4v) is 2.92. The van der Waals surface area contributed by atoms with Gasteiger partial charge in [0.1, 0.15) is 18.1 Å². The minimum atomic E-state index is -1.49. The van der Waals surface area contributed by atoms with E-state index in [1.165, 1.54) is 12.5 Å². The molecule has 5 atom stereocenters. The van der Waals surface area contributed by atoms with E-state index in [2.05, 4.69) is 25.9 Å². The van der Waals surface area contributed by atoms with Crippen molar-refractivity contribution in [2.45, 2.75) is 63.7 Å². The predicted molar refractivity (Wildman–Crippen MR) is 117 cm³/mol. The molecule has 0 saturated heterocycles. The quantitative estimate of drug-likeness (QED) is 0.133. The van der Waals surface area contributed by atoms with Gasteiger partial charge in [-0.15, -0.1) is 0 Å². The minimum absolute atomic E-state index is 0.104. The summed E-state index contributed by atoms with van der Waals surface area (Å²) in [6.07, 6.45) is 2.64. The summed E-state index contributed by atoms with van der Waals surface area (Å²) < 4.78 is 0. The number of carbonyl (C=O) groups excluding carboxylic acids is 3. The number of carboxylic acid groups (broad SMARTS) is 2. The highest BCUT2D eigenvalue weighted by Gasteiger charge is 2.32. The van der Waals surface area contributed by atoms with Crippen LogP contribution in [0.1, 0.15) is 38.8 Å². The molecular weight excluding hydrogens is 452 g/mol. The minimum Gasteiger partial charge on any atom is -0.481 e. The smallest absolute Gasteiger partial charge is 0.326 e. The van der Waals surface area contributed by atoms with Gasteiger partial charge in [-0.05, 0) is 12.3 Å². The van der Waals surface area contributed by atoms with Crippen LogP contribution in [0, 0.1) is 5.92 Å². The number of hydrogen-bond donors (Lipinski definition) is 8. The number of carboxylic acids is 2. The van der Waals surface area contributed by atoms with Crippen molar-refractivity contribution in [3.05, 3.63) is 18.2 Å². The first-order valence-corrected chi connectivity index (χ1v) is 10.7. The molecule has 0 bridgehead atoms. The van der Waals surface area contributed by atoms with Gasteiger partial charge in [-0.2, -0.15) is 0 Å². The molecule has 190 valence electrons. The molecule has 3 amide bonds. The standard InChI is InChI=1S/C20H32N6O8/c1-3-10(2)16(26-17(30)12(21)4-5-15(28)29)19(32)25-14(8-27)18(31)24-13(20(33)34)6-11-7-22-9-23-11/h7,9-10,12-14,16,27H,3-6,8,21H2,1-2H3,(H,22,23)(H,24,31)(H,25,32)(H,26,30)(H,28,29)(H,33,34). The molecule has 1 aromatic rings. The van der Waals surface area contributed by atoms with Gasteiger partial charge in [0.2, 0.25) is 17.7 Å². The lowest BCUT2D eigenvalue weighted by molar-refractivity contribution is -0.142. The Kier molecular flexibility index (Phi) is 11.7. The van der Waals surface area contributed by atoms with E-state index in [1.807, 2.05) is 0 Å². The molecule has 14 nitrogen and oxygen atoms in total. The zero-order valence-electron chi connectivity index (χ0n) is 19.0. The Morgan fingerprint density at radius 3 is 2.21 bits per heavy atom. The van der Waals surface area contributed by atoms with Crippen LogP contribution in [0.2, 0.25) is 0 Å². The number of rotatable bonds is 15. The first-order valence-electron chi connectivity index (χ1n) is 10.7. The van der Waals surface area contributed by atoms with Gasteiger partial charge in [0, 0.05) is 24.7 Å². The molecule has 0 aliphatic heterocycles. The SMILES string of the molecule is CCC(C)C(NC(=O)C(N)CCC(=O)O)C(=O)NC(CO)C(=O)NC(Cc1cnc[nH]1)C(=O)O. The topological polar surface area (TPSA) is 237 Å². The van der Waals surface area contributed by atoms with E-state index in [0.29, 0.717) is 12.1 Å². The maximum Gasteiger partial charge on any atom is 0.326 e. The number of amides is 3. The molecule has 5 unspecified atom stereocenters. The fourth-order valence-electron chi connectivity index (χ4n) is 2.92. The third-order valence-corrected chi connectivity index (χ3v) is 5.21. The van der Waals surface area contributed by atoms with Crippen LogP contribution in [0.4, 0.5) is 0 Å². The van der Waals surface area contributed by atoms with Crippen LogP contribution >= 0.6 is 0 Å². The Balaban J connectivity index is 2.85. The first kappa shape index (κ1) is 28.5. The number of H-pyrrole nitrogens is 1. The summed E-state index contributed by atoms with van der Waals surface area (Å²) in [4.78, 5) is 66.4. The lowest BCUT2D eigenvalue weighted by atomic mass is 9.97. The van der Waals surface area contributed by atoms with Crippen molar-refractivity contribution in [2.24, 2.45) is 11.7 Å². The van der Waals surface area contributed by atoms with Gasteiger partial charge in [-0.25, -0.2) is 9.78 Å². The molecular formula is C20H32N6O8. The first-order chi connectivity index (χ1) is 16.0. The lowest BCUT2D eigenvalue weighted by Gasteiger charge is -2.27. The maximum atomic E-state index is 12.8. The molecule has 1 rings (SSSR count). The molecule has 9 N–H and O–H groups in total. The Bertz CT molecular complexity index is 846. The molecule has 0 aromatic carbocycles. The van der Waals surface area contributed by atoms with Crippen molar-refractivity contribution in [3.8, 4) is 0 Å². The van der Waals surface area contributed by atoms with Crippen molar-refractivity contribution in [2.75, 3.05) is 6.61 Å². The van der Waals surface area contributed by atoms with Gasteiger partial charge in [-0.3, -0.25) is 19.2 Å². The van der Waals surface area contributed by atoms with Crippen molar-refractivity contribution in [1.29, 1.82) is 0 Å². The van der Waals surface area contributed by atoms with Crippen LogP contribution in [0.25, 0.3) is 0 Å². The van der Waals surface area contributed by atoms with Crippen LogP contribution in [-0.4, -0.2) is 85.7 Å². The van der Waals surface area contributed by atoms with Crippen LogP contribution in [0.5, 0.6) is 0 Å². The number of hydrogen-bond acceptors (Lipinski definition) is 8. The number of aromatic nitrogens is 2. The number of imidazole rings is 1. The van der Waals surface area contributed by atoms with E-state index < -0.39 is 66.4 Å². The summed E-state index contributed by atoms with van der Waals surface area (Å²) in [5.41, 5.74) is 6.15. The zero-order valence-corrected chi connectivity index (χ0v) is 19.0. The molecule has 0 spiro atoms. The van der Waals surface area contributed by atoms with Crippen LogP contribution in [-0.2, 0) is 30.4 Å². The largest absolute Gasteiger partial charge is 0.481 e. The monoisotopic (exact) mass is 484 g/mol. The summed E-state index contributed by atoms with van der Waals surface area (Å²) in [7, 11) is 0. The second-order valence-corrected chi connectivity index (χ2v) is 7.83. The molecule has 1 aromatic heterocycles. The summed E-state index contributed by atoms with van der Waals surface area (Å²) in [5, 5.41) is 34.8. The lowest BCUT2D eigenvalue weighted by Crippen LogP contribution is -2.59. The van der Waals surface area contributed by atoms with Crippen molar-refractivity contribution in [1.82, 2.24) is 25.9 Å². The molecule has 0 radical (unpaired) electrons. The number of carbonyl (C=O) groups is 5. The maximum absolute atomic E-state index is 12.8. The average Bonchev–Trinajstić information content (AvgIpc) is 3.30. The van der Waals surface area contributed by atoms with E-state index in [0.717, 1.165) is 0 Å². The van der Waals surface area contributed by atoms with E-state index in [4.69, 9.17) is 10.8 Å². The number of nitrogens with two attached hydrogens (primary N) is 1. The third-order valence-electron chi connectivity index (χ3n) is 5.21. The van der Waals surface area contributed by atoms with Crippen LogP contribution in [0.15, 0.2) is 12.5 Å². The van der Waals surface area contributed by atoms with Gasteiger partial charge in [0.05, 0.1) is 19.0 Å². The van der Waals surface area contributed by atoms with E-state index in [-0.39, 0.29) is 19.3 Å². The Labute approximate surface area is 195 Å². The highest BCUT2D eigenvalue weighted by Crippen LogP contribution is 2.10. The number of aliphatic hydroxyl groups excluding tert-OH is 1. The van der Waals surface area contributed by atoms with E-state index >= 15 is 0 Å². The number of aliphatic carboxylic acids is 2. The highest BCUT2D eigenvalue weighted by atomic mass is 16.4. The Morgan fingerprint density at radius 2 is 1.71 bits per heavy atom. The fraction of sp³-hybridized carbons (Fsp3) is 0.600. The summed E-state index contributed by atoms with van der Waals surface area (Å²) in [5.74, 6) is -5.31. The van der Waals surface area contributed by atoms with Gasteiger partial charge < -0.3 is 42.0 Å². The summed E-state index contributed by atoms with van der Waals surface area (Å²) >= 11 is 0. The summed E-state index contributed by atoms with van der Waals surface area (Å²) in [6.45, 7) is 2.62. The van der Waals surface area contributed by atoms with Gasteiger partial charge in [0.15, 0.2) is 0 Å². The molecule has 34 heavy (non-hydrogen) atoms. The molecule has 0 saturated carbocycles. The van der Waals surface area contributed by atoms with E-state index in [1.54, 1.807) is 13.8 Å². The molecule has 0 fully saturated rings. The average molecular weight is 485 g/mol. The highest BCUT2D eigenvalue weighted by molar-refractivity contribution is 5.94.